The number of methoxy groups -OCH3 is 1. The minimum Gasteiger partial charge on any atom is -0.497 e. The van der Waals surface area contributed by atoms with Crippen molar-refractivity contribution < 1.29 is 27.4 Å². The third kappa shape index (κ3) is 5.15. The third-order valence-electron chi connectivity index (χ3n) is 6.98. The summed E-state index contributed by atoms with van der Waals surface area (Å²) in [4.78, 5) is 15.8. The van der Waals surface area contributed by atoms with Crippen molar-refractivity contribution in [2.24, 2.45) is 0 Å². The van der Waals surface area contributed by atoms with E-state index in [0.29, 0.717) is 51.1 Å². The zero-order chi connectivity index (χ0) is 27.2. The molecule has 0 bridgehead atoms. The largest absolute Gasteiger partial charge is 0.573 e. The van der Waals surface area contributed by atoms with Crippen LogP contribution in [0.3, 0.4) is 0 Å². The van der Waals surface area contributed by atoms with Crippen LogP contribution in [0.5, 0.6) is 11.5 Å². The second kappa shape index (κ2) is 9.54. The quantitative estimate of drug-likeness (QED) is 0.319. The van der Waals surface area contributed by atoms with Crippen LogP contribution in [0.15, 0.2) is 60.7 Å². The van der Waals surface area contributed by atoms with Crippen LogP contribution in [0.4, 0.5) is 24.5 Å². The van der Waals surface area contributed by atoms with Gasteiger partial charge in [0.15, 0.2) is 0 Å². The Hall–Kier alpha value is -3.72. The maximum Gasteiger partial charge on any atom is 0.573 e. The van der Waals surface area contributed by atoms with Crippen LogP contribution in [-0.2, 0) is 10.2 Å². The molecule has 5 rings (SSSR count). The fourth-order valence-electron chi connectivity index (χ4n) is 4.90. The minimum atomic E-state index is -4.80. The summed E-state index contributed by atoms with van der Waals surface area (Å²) in [7, 11) is 1.52. The Balaban J connectivity index is 1.52. The van der Waals surface area contributed by atoms with Crippen molar-refractivity contribution in [1.29, 1.82) is 5.41 Å². The zero-order valence-electron chi connectivity index (χ0n) is 20.7. The van der Waals surface area contributed by atoms with E-state index in [0.717, 1.165) is 12.8 Å². The number of anilines is 2. The maximum atomic E-state index is 14.1. The van der Waals surface area contributed by atoms with E-state index >= 15 is 0 Å². The molecule has 1 heterocycles. The van der Waals surface area contributed by atoms with Crippen LogP contribution >= 0.6 is 11.6 Å². The summed E-state index contributed by atoms with van der Waals surface area (Å²) in [5.74, 6) is -0.0348. The molecule has 38 heavy (non-hydrogen) atoms. The fraction of sp³-hybridized carbons (Fsp3) is 0.286. The van der Waals surface area contributed by atoms with E-state index in [1.165, 1.54) is 25.3 Å². The SMILES string of the molecule is COc1cc(NC(C(=O)N2CC3(CC3)c3cc(OC(F)(F)F)ccc32)c2ccc(Cl)cc2)cc(C(C)=N)c1. The van der Waals surface area contributed by atoms with Crippen LogP contribution in [0.1, 0.15) is 42.5 Å². The van der Waals surface area contributed by atoms with E-state index in [-0.39, 0.29) is 17.1 Å². The Morgan fingerprint density at radius 1 is 1.08 bits per heavy atom. The normalized spacial score (nSPS) is 16.1. The van der Waals surface area contributed by atoms with Gasteiger partial charge in [-0.3, -0.25) is 4.79 Å². The van der Waals surface area contributed by atoms with Crippen LogP contribution in [0, 0.1) is 5.41 Å². The molecule has 198 valence electrons. The molecule has 0 aromatic heterocycles. The number of amides is 1. The highest BCUT2D eigenvalue weighted by Crippen LogP contribution is 2.57. The van der Waals surface area contributed by atoms with Crippen molar-refractivity contribution in [3.8, 4) is 11.5 Å². The molecule has 0 saturated heterocycles. The standard InChI is InChI=1S/C28H25ClF3N3O3/c1-16(33)18-11-20(13-22(12-18)37-2)34-25(17-3-5-19(29)6-4-17)26(36)35-15-27(9-10-27)23-14-21(7-8-24(23)35)38-28(30,31)32/h3-8,11-14,25,33-34H,9-10,15H2,1-2H3. The van der Waals surface area contributed by atoms with E-state index in [2.05, 4.69) is 10.1 Å². The second-order valence-electron chi connectivity index (χ2n) is 9.64. The van der Waals surface area contributed by atoms with Crippen LogP contribution < -0.4 is 19.7 Å². The van der Waals surface area contributed by atoms with Gasteiger partial charge < -0.3 is 25.1 Å². The third-order valence-corrected chi connectivity index (χ3v) is 7.23. The van der Waals surface area contributed by atoms with Crippen molar-refractivity contribution in [2.45, 2.75) is 37.6 Å². The molecular weight excluding hydrogens is 519 g/mol. The van der Waals surface area contributed by atoms with Gasteiger partial charge in [0.05, 0.1) is 7.11 Å². The number of nitrogens with one attached hydrogen (secondary N) is 2. The van der Waals surface area contributed by atoms with Crippen LogP contribution in [0.25, 0.3) is 0 Å². The van der Waals surface area contributed by atoms with Crippen molar-refractivity contribution in [3.63, 3.8) is 0 Å². The van der Waals surface area contributed by atoms with E-state index in [4.69, 9.17) is 21.7 Å². The summed E-state index contributed by atoms with van der Waals surface area (Å²) < 4.78 is 48.1. The lowest BCUT2D eigenvalue weighted by atomic mass is 9.98. The lowest BCUT2D eigenvalue weighted by Gasteiger charge is -2.27. The Morgan fingerprint density at radius 3 is 2.39 bits per heavy atom. The number of halogens is 4. The summed E-state index contributed by atoms with van der Waals surface area (Å²) in [6.45, 7) is 2.03. The topological polar surface area (TPSA) is 74.7 Å². The van der Waals surface area contributed by atoms with Gasteiger partial charge in [-0.25, -0.2) is 0 Å². The number of carbonyl (C=O) groups excluding carboxylic acids is 1. The molecule has 1 unspecified atom stereocenters. The molecule has 0 radical (unpaired) electrons. The maximum absolute atomic E-state index is 14.1. The average Bonchev–Trinajstić information content (AvgIpc) is 3.58. The molecular formula is C28H25ClF3N3O3. The van der Waals surface area contributed by atoms with Gasteiger partial charge in [0.25, 0.3) is 5.91 Å². The zero-order valence-corrected chi connectivity index (χ0v) is 21.4. The number of nitrogens with zero attached hydrogens (tertiary/aromatic N) is 1. The van der Waals surface area contributed by atoms with Crippen LogP contribution in [-0.4, -0.2) is 31.6 Å². The van der Waals surface area contributed by atoms with E-state index in [9.17, 15) is 18.0 Å². The molecule has 1 atom stereocenters. The molecule has 1 spiro atoms. The first kappa shape index (κ1) is 25.9. The lowest BCUT2D eigenvalue weighted by molar-refractivity contribution is -0.274. The molecule has 1 saturated carbocycles. The first-order valence-corrected chi connectivity index (χ1v) is 12.3. The molecule has 6 nitrogen and oxygen atoms in total. The number of carbonyl (C=O) groups is 1. The average molecular weight is 544 g/mol. The molecule has 1 fully saturated rings. The van der Waals surface area contributed by atoms with Crippen molar-refractivity contribution >= 4 is 34.6 Å². The van der Waals surface area contributed by atoms with E-state index in [1.807, 2.05) is 0 Å². The summed E-state index contributed by atoms with van der Waals surface area (Å²) in [6, 6.07) is 15.4. The summed E-state index contributed by atoms with van der Waals surface area (Å²) in [6.07, 6.45) is -3.25. The van der Waals surface area contributed by atoms with Gasteiger partial charge in [0.1, 0.15) is 17.5 Å². The van der Waals surface area contributed by atoms with Gasteiger partial charge in [0.2, 0.25) is 0 Å². The highest BCUT2D eigenvalue weighted by atomic mass is 35.5. The first-order chi connectivity index (χ1) is 18.0. The lowest BCUT2D eigenvalue weighted by Crippen LogP contribution is -2.38. The number of fused-ring (bicyclic) bond motifs is 2. The molecule has 3 aromatic rings. The van der Waals surface area contributed by atoms with Gasteiger partial charge in [-0.15, -0.1) is 13.2 Å². The number of benzene rings is 3. The summed E-state index contributed by atoms with van der Waals surface area (Å²) in [5, 5.41) is 11.9. The minimum absolute atomic E-state index is 0.266. The van der Waals surface area contributed by atoms with E-state index < -0.39 is 12.4 Å². The second-order valence-corrected chi connectivity index (χ2v) is 10.1. The van der Waals surface area contributed by atoms with Gasteiger partial charge >= 0.3 is 6.36 Å². The molecule has 3 aromatic carbocycles. The van der Waals surface area contributed by atoms with Crippen molar-refractivity contribution in [1.82, 2.24) is 0 Å². The highest BCUT2D eigenvalue weighted by Gasteiger charge is 2.54. The van der Waals surface area contributed by atoms with Gasteiger partial charge in [-0.05, 0) is 73.4 Å². The number of hydrogen-bond acceptors (Lipinski definition) is 5. The van der Waals surface area contributed by atoms with E-state index in [1.54, 1.807) is 54.3 Å². The Bertz CT molecular complexity index is 1400. The van der Waals surface area contributed by atoms with Gasteiger partial charge in [-0.2, -0.15) is 0 Å². The fourth-order valence-corrected chi connectivity index (χ4v) is 5.03. The van der Waals surface area contributed by atoms with Gasteiger partial charge in [-0.1, -0.05) is 23.7 Å². The molecule has 1 amide bonds. The van der Waals surface area contributed by atoms with Gasteiger partial charge in [0, 0.05) is 45.7 Å². The Kier molecular flexibility index (Phi) is 6.51. The monoisotopic (exact) mass is 543 g/mol. The predicted molar refractivity (Wildman–Crippen MR) is 140 cm³/mol. The van der Waals surface area contributed by atoms with Crippen molar-refractivity contribution in [3.05, 3.63) is 82.4 Å². The van der Waals surface area contributed by atoms with Crippen LogP contribution in [0.2, 0.25) is 5.02 Å². The predicted octanol–water partition coefficient (Wildman–Crippen LogP) is 6.87. The highest BCUT2D eigenvalue weighted by molar-refractivity contribution is 6.30. The molecule has 1 aliphatic carbocycles. The molecule has 10 heteroatoms. The van der Waals surface area contributed by atoms with Crippen molar-refractivity contribution in [2.75, 3.05) is 23.9 Å². The smallest absolute Gasteiger partial charge is 0.497 e. The number of hydrogen-bond donors (Lipinski definition) is 2. The molecule has 2 N–H and O–H groups in total. The summed E-state index contributed by atoms with van der Waals surface area (Å²) >= 11 is 6.10. The Morgan fingerprint density at radius 2 is 1.79 bits per heavy atom. The Labute approximate surface area is 222 Å². The number of alkyl halides is 3. The first-order valence-electron chi connectivity index (χ1n) is 12.0. The number of ether oxygens (including phenoxy) is 2. The number of rotatable bonds is 7. The molecule has 2 aliphatic rings. The summed E-state index contributed by atoms with van der Waals surface area (Å²) in [5.41, 5.74) is 3.09. The molecule has 1 aliphatic heterocycles.